The first-order valence-corrected chi connectivity index (χ1v) is 15.4. The third-order valence-corrected chi connectivity index (χ3v) is 8.73. The largest absolute Gasteiger partial charge is 0.497 e. The number of aryl methyl sites for hydroxylation is 1. The minimum Gasteiger partial charge on any atom is -0.497 e. The molecule has 10 heteroatoms. The molecule has 230 valence electrons. The molecular formula is C34H37BrN4O5. The van der Waals surface area contributed by atoms with E-state index in [2.05, 4.69) is 26.6 Å². The van der Waals surface area contributed by atoms with Gasteiger partial charge in [-0.05, 0) is 91.9 Å². The fourth-order valence-electron chi connectivity index (χ4n) is 5.66. The van der Waals surface area contributed by atoms with Gasteiger partial charge in [0.2, 0.25) is 5.91 Å². The monoisotopic (exact) mass is 660 g/mol. The molecule has 44 heavy (non-hydrogen) atoms. The van der Waals surface area contributed by atoms with E-state index in [1.165, 1.54) is 0 Å². The summed E-state index contributed by atoms with van der Waals surface area (Å²) < 4.78 is 12.2. The van der Waals surface area contributed by atoms with E-state index in [9.17, 15) is 14.4 Å². The van der Waals surface area contributed by atoms with Crippen molar-refractivity contribution in [2.75, 3.05) is 18.6 Å². The number of carbonyl (C=O) groups is 3. The lowest BCUT2D eigenvalue weighted by Crippen LogP contribution is -2.49. The van der Waals surface area contributed by atoms with Crippen LogP contribution in [-0.2, 0) is 16.0 Å². The summed E-state index contributed by atoms with van der Waals surface area (Å²) in [5.41, 5.74) is 9.06. The predicted octanol–water partition coefficient (Wildman–Crippen LogP) is 6.15. The molecule has 1 aromatic heterocycles. The first-order chi connectivity index (χ1) is 20.9. The van der Waals surface area contributed by atoms with Crippen molar-refractivity contribution in [2.24, 2.45) is 5.73 Å². The number of amides is 3. The van der Waals surface area contributed by atoms with E-state index in [0.29, 0.717) is 57.9 Å². The lowest BCUT2D eigenvalue weighted by atomic mass is 9.96. The SMILES string of the molecule is CCNC(=O)c1cc(N2C(=O)C(NC(=O)CC(C)(C)N)CCc3cc(OC)ccc32)c(C)c(Br)c1-c1occ2ccccc12. The van der Waals surface area contributed by atoms with Gasteiger partial charge in [0.15, 0.2) is 0 Å². The predicted molar refractivity (Wildman–Crippen MR) is 175 cm³/mol. The number of carbonyl (C=O) groups excluding carboxylic acids is 3. The molecule has 4 N–H and O–H groups in total. The lowest BCUT2D eigenvalue weighted by Gasteiger charge is -2.30. The highest BCUT2D eigenvalue weighted by molar-refractivity contribution is 9.10. The zero-order valence-corrected chi connectivity index (χ0v) is 27.1. The average molecular weight is 662 g/mol. The lowest BCUT2D eigenvalue weighted by molar-refractivity contribution is -0.127. The van der Waals surface area contributed by atoms with Crippen LogP contribution in [0.25, 0.3) is 22.1 Å². The number of rotatable bonds is 8. The van der Waals surface area contributed by atoms with Crippen LogP contribution in [0.4, 0.5) is 11.4 Å². The van der Waals surface area contributed by atoms with Crippen LogP contribution in [-0.4, -0.2) is 43.0 Å². The highest BCUT2D eigenvalue weighted by Crippen LogP contribution is 2.45. The van der Waals surface area contributed by atoms with E-state index in [1.807, 2.05) is 50.2 Å². The molecule has 1 aliphatic heterocycles. The molecule has 0 aliphatic carbocycles. The van der Waals surface area contributed by atoms with Gasteiger partial charge < -0.3 is 25.5 Å². The van der Waals surface area contributed by atoms with Crippen LogP contribution in [0, 0.1) is 6.92 Å². The van der Waals surface area contributed by atoms with Gasteiger partial charge in [-0.15, -0.1) is 0 Å². The van der Waals surface area contributed by atoms with Crippen LogP contribution in [0.15, 0.2) is 63.7 Å². The summed E-state index contributed by atoms with van der Waals surface area (Å²) in [6.45, 7) is 7.69. The molecule has 5 rings (SSSR count). The molecule has 3 aromatic carbocycles. The number of hydrogen-bond donors (Lipinski definition) is 3. The van der Waals surface area contributed by atoms with Crippen molar-refractivity contribution >= 4 is 55.8 Å². The first-order valence-electron chi connectivity index (χ1n) is 14.6. The van der Waals surface area contributed by atoms with E-state index in [4.69, 9.17) is 14.9 Å². The molecule has 1 unspecified atom stereocenters. The van der Waals surface area contributed by atoms with Crippen LogP contribution in [0.5, 0.6) is 5.75 Å². The molecule has 9 nitrogen and oxygen atoms in total. The zero-order chi connectivity index (χ0) is 31.8. The molecule has 1 aliphatic rings. The van der Waals surface area contributed by atoms with Crippen molar-refractivity contribution in [1.29, 1.82) is 0 Å². The Morgan fingerprint density at radius 3 is 2.61 bits per heavy atom. The van der Waals surface area contributed by atoms with Crippen LogP contribution in [0.2, 0.25) is 0 Å². The van der Waals surface area contributed by atoms with E-state index in [0.717, 1.165) is 21.9 Å². The Kier molecular flexibility index (Phi) is 8.85. The molecule has 2 heterocycles. The Labute approximate surface area is 265 Å². The summed E-state index contributed by atoms with van der Waals surface area (Å²) >= 11 is 3.78. The number of nitrogens with two attached hydrogens (primary N) is 1. The smallest absolute Gasteiger partial charge is 0.254 e. The quantitative estimate of drug-likeness (QED) is 0.208. The molecule has 0 fully saturated rings. The summed E-state index contributed by atoms with van der Waals surface area (Å²) in [4.78, 5) is 42.7. The number of hydrogen-bond acceptors (Lipinski definition) is 6. The number of benzene rings is 3. The molecule has 4 aromatic rings. The number of fused-ring (bicyclic) bond motifs is 2. The highest BCUT2D eigenvalue weighted by Gasteiger charge is 2.36. The van der Waals surface area contributed by atoms with Crippen molar-refractivity contribution in [3.8, 4) is 17.1 Å². The Morgan fingerprint density at radius 1 is 1.16 bits per heavy atom. The topological polar surface area (TPSA) is 127 Å². The number of methoxy groups -OCH3 is 1. The van der Waals surface area contributed by atoms with E-state index >= 15 is 0 Å². The van der Waals surface area contributed by atoms with Crippen molar-refractivity contribution < 1.29 is 23.5 Å². The molecule has 0 spiro atoms. The van der Waals surface area contributed by atoms with Crippen molar-refractivity contribution in [3.63, 3.8) is 0 Å². The Bertz CT molecular complexity index is 1760. The maximum absolute atomic E-state index is 14.4. The molecule has 0 bridgehead atoms. The summed E-state index contributed by atoms with van der Waals surface area (Å²) in [6, 6.07) is 14.2. The summed E-state index contributed by atoms with van der Waals surface area (Å²) in [6.07, 6.45) is 2.63. The number of anilines is 2. The van der Waals surface area contributed by atoms with Gasteiger partial charge in [-0.1, -0.05) is 24.3 Å². The third kappa shape index (κ3) is 6.09. The molecule has 1 atom stereocenters. The van der Waals surface area contributed by atoms with Crippen LogP contribution in [0.1, 0.15) is 55.1 Å². The fraction of sp³-hybridized carbons (Fsp3) is 0.324. The van der Waals surface area contributed by atoms with Gasteiger partial charge in [0.25, 0.3) is 11.8 Å². The standard InChI is InChI=1S/C34H37BrN4O5/c1-6-37-32(41)24-16-27(19(2)30(35)29(24)31-23-10-8-7-9-21(23)18-44-31)39-26-14-12-22(43-5)15-20(26)11-13-25(33(39)42)38-28(40)17-34(3,4)36/h7-10,12,14-16,18,25H,6,11,13,17,36H2,1-5H3,(H,37,41)(H,38,40). The van der Waals surface area contributed by atoms with E-state index in [-0.39, 0.29) is 24.1 Å². The Hall–Kier alpha value is -4.15. The van der Waals surface area contributed by atoms with Gasteiger partial charge in [-0.2, -0.15) is 0 Å². The van der Waals surface area contributed by atoms with Crippen molar-refractivity contribution in [1.82, 2.24) is 10.6 Å². The highest BCUT2D eigenvalue weighted by atomic mass is 79.9. The maximum Gasteiger partial charge on any atom is 0.254 e. The molecule has 3 amide bonds. The molecular weight excluding hydrogens is 624 g/mol. The van der Waals surface area contributed by atoms with Gasteiger partial charge in [-0.3, -0.25) is 19.3 Å². The minimum absolute atomic E-state index is 0.0647. The number of ether oxygens (including phenoxy) is 1. The van der Waals surface area contributed by atoms with Gasteiger partial charge in [0, 0.05) is 39.3 Å². The number of nitrogens with one attached hydrogen (secondary N) is 2. The van der Waals surface area contributed by atoms with Crippen molar-refractivity contribution in [3.05, 3.63) is 76.0 Å². The second kappa shape index (κ2) is 12.5. The Balaban J connectivity index is 1.71. The molecule has 0 radical (unpaired) electrons. The normalized spacial score (nSPS) is 15.1. The van der Waals surface area contributed by atoms with Gasteiger partial charge in [-0.25, -0.2) is 0 Å². The molecule has 0 saturated heterocycles. The second-order valence-electron chi connectivity index (χ2n) is 11.8. The van der Waals surface area contributed by atoms with Crippen LogP contribution < -0.4 is 26.0 Å². The van der Waals surface area contributed by atoms with Gasteiger partial charge in [0.1, 0.15) is 17.6 Å². The second-order valence-corrected chi connectivity index (χ2v) is 12.6. The van der Waals surface area contributed by atoms with E-state index < -0.39 is 11.6 Å². The van der Waals surface area contributed by atoms with Crippen molar-refractivity contribution in [2.45, 2.75) is 58.5 Å². The summed E-state index contributed by atoms with van der Waals surface area (Å²) in [5.74, 6) is 0.275. The fourth-order valence-corrected chi connectivity index (χ4v) is 6.25. The Morgan fingerprint density at radius 2 is 1.91 bits per heavy atom. The zero-order valence-electron chi connectivity index (χ0n) is 25.5. The summed E-state index contributed by atoms with van der Waals surface area (Å²) in [7, 11) is 1.59. The van der Waals surface area contributed by atoms with Crippen LogP contribution >= 0.6 is 15.9 Å². The number of furan rings is 1. The number of nitrogens with zero attached hydrogens (tertiary/aromatic N) is 1. The third-order valence-electron chi connectivity index (χ3n) is 7.74. The molecule has 0 saturated carbocycles. The van der Waals surface area contributed by atoms with Crippen LogP contribution in [0.3, 0.4) is 0 Å². The van der Waals surface area contributed by atoms with E-state index in [1.54, 1.807) is 44.3 Å². The maximum atomic E-state index is 14.4. The first kappa shape index (κ1) is 31.3. The summed E-state index contributed by atoms with van der Waals surface area (Å²) in [5, 5.41) is 7.61. The average Bonchev–Trinajstić information content (AvgIpc) is 3.35. The number of halogens is 1. The minimum atomic E-state index is -0.817. The van der Waals surface area contributed by atoms with Gasteiger partial charge >= 0.3 is 0 Å². The van der Waals surface area contributed by atoms with Gasteiger partial charge in [0.05, 0.1) is 30.3 Å².